The van der Waals surface area contributed by atoms with Crippen LogP contribution in [0, 0.1) is 19.8 Å². The van der Waals surface area contributed by atoms with Crippen molar-refractivity contribution in [1.29, 1.82) is 0 Å². The van der Waals surface area contributed by atoms with Crippen LogP contribution in [0.3, 0.4) is 0 Å². The van der Waals surface area contributed by atoms with Crippen LogP contribution in [-0.4, -0.2) is 42.7 Å². The van der Waals surface area contributed by atoms with Crippen molar-refractivity contribution in [2.24, 2.45) is 5.92 Å². The lowest BCUT2D eigenvalue weighted by Gasteiger charge is -2.24. The van der Waals surface area contributed by atoms with Gasteiger partial charge in [-0.15, -0.1) is 0 Å². The number of benzene rings is 2. The van der Waals surface area contributed by atoms with Crippen molar-refractivity contribution in [1.82, 2.24) is 20.9 Å². The number of rotatable bonds is 9. The van der Waals surface area contributed by atoms with Gasteiger partial charge in [-0.3, -0.25) is 4.79 Å². The minimum atomic E-state index is -0.174. The van der Waals surface area contributed by atoms with Crippen molar-refractivity contribution in [3.05, 3.63) is 77.0 Å². The quantitative estimate of drug-likeness (QED) is 0.320. The van der Waals surface area contributed by atoms with E-state index in [1.807, 2.05) is 12.1 Å². The first-order chi connectivity index (χ1) is 19.0. The molecule has 2 aliphatic rings. The van der Waals surface area contributed by atoms with Crippen molar-refractivity contribution in [3.8, 4) is 16.9 Å². The number of nitrogens with zero attached hydrogens (tertiary/aromatic N) is 1. The minimum Gasteiger partial charge on any atom is -0.493 e. The molecule has 1 saturated heterocycles. The fourth-order valence-electron chi connectivity index (χ4n) is 5.64. The van der Waals surface area contributed by atoms with Crippen LogP contribution < -0.4 is 26.4 Å². The average molecular weight is 528 g/mol. The summed E-state index contributed by atoms with van der Waals surface area (Å²) in [5.41, 5.74) is 12.2. The fourth-order valence-corrected chi connectivity index (χ4v) is 5.64. The second kappa shape index (κ2) is 12.6. The summed E-state index contributed by atoms with van der Waals surface area (Å²) in [5.74, 6) is 1.22. The molecule has 1 aromatic heterocycles. The standard InChI is InChI=1S/C32H41N5O2/c1-21-11-12-28(14-22(21)2)39-20-25-8-4-10-30(25)37-32(38)29-16-26(18-36-31(29)33)24-7-3-6-23(15-24)17-35-27-9-5-13-34-19-27/h3,6-7,11-12,14-16,18,25,27,30,34-35H,4-5,8-10,13,17,19-20H2,1-2H3,(H2,33,36)(H,37,38)/t25-,27+,30+/m1/s1. The minimum absolute atomic E-state index is 0.0516. The fraction of sp³-hybridized carbons (Fsp3) is 0.438. The summed E-state index contributed by atoms with van der Waals surface area (Å²) in [5, 5.41) is 10.3. The zero-order valence-corrected chi connectivity index (χ0v) is 23.1. The smallest absolute Gasteiger partial charge is 0.255 e. The van der Waals surface area contributed by atoms with Gasteiger partial charge in [-0.1, -0.05) is 30.7 Å². The maximum absolute atomic E-state index is 13.4. The zero-order chi connectivity index (χ0) is 27.2. The zero-order valence-electron chi connectivity index (χ0n) is 23.1. The molecule has 2 fully saturated rings. The van der Waals surface area contributed by atoms with Crippen LogP contribution >= 0.6 is 0 Å². The van der Waals surface area contributed by atoms with Crippen molar-refractivity contribution in [2.75, 3.05) is 25.4 Å². The van der Waals surface area contributed by atoms with E-state index in [1.165, 1.54) is 29.5 Å². The van der Waals surface area contributed by atoms with Crippen molar-refractivity contribution >= 4 is 11.7 Å². The molecule has 0 spiro atoms. The molecule has 1 aliphatic carbocycles. The van der Waals surface area contributed by atoms with Crippen molar-refractivity contribution in [3.63, 3.8) is 0 Å². The molecule has 3 aromatic rings. The summed E-state index contributed by atoms with van der Waals surface area (Å²) < 4.78 is 6.12. The number of pyridine rings is 1. The Bertz CT molecular complexity index is 1290. The molecule has 5 N–H and O–H groups in total. The number of hydrogen-bond donors (Lipinski definition) is 4. The molecular formula is C32H41N5O2. The Kier molecular flexibility index (Phi) is 8.79. The molecule has 1 aliphatic heterocycles. The van der Waals surface area contributed by atoms with Gasteiger partial charge >= 0.3 is 0 Å². The number of hydrogen-bond acceptors (Lipinski definition) is 6. The number of anilines is 1. The first-order valence-electron chi connectivity index (χ1n) is 14.3. The maximum atomic E-state index is 13.4. The molecule has 0 unspecified atom stereocenters. The summed E-state index contributed by atoms with van der Waals surface area (Å²) >= 11 is 0. The first-order valence-corrected chi connectivity index (χ1v) is 14.3. The number of aromatic nitrogens is 1. The Morgan fingerprint density at radius 3 is 2.77 bits per heavy atom. The van der Waals surface area contributed by atoms with Gasteiger partial charge in [0.2, 0.25) is 0 Å². The summed E-state index contributed by atoms with van der Waals surface area (Å²) in [7, 11) is 0. The number of nitrogen functional groups attached to an aromatic ring is 1. The molecule has 5 rings (SSSR count). The number of nitrogens with two attached hydrogens (primary N) is 1. The van der Waals surface area contributed by atoms with Crippen molar-refractivity contribution < 1.29 is 9.53 Å². The predicted molar refractivity (Wildman–Crippen MR) is 157 cm³/mol. The molecule has 0 bridgehead atoms. The van der Waals surface area contributed by atoms with Gasteiger partial charge in [-0.2, -0.15) is 0 Å². The topological polar surface area (TPSA) is 101 Å². The normalized spacial score (nSPS) is 21.0. The molecule has 39 heavy (non-hydrogen) atoms. The van der Waals surface area contributed by atoms with Crippen LogP contribution in [-0.2, 0) is 6.54 Å². The van der Waals surface area contributed by atoms with Crippen LogP contribution in [0.2, 0.25) is 0 Å². The van der Waals surface area contributed by atoms with Gasteiger partial charge < -0.3 is 26.4 Å². The first kappa shape index (κ1) is 27.2. The third-order valence-corrected chi connectivity index (χ3v) is 8.23. The number of amides is 1. The van der Waals surface area contributed by atoms with E-state index < -0.39 is 0 Å². The number of piperidine rings is 1. The van der Waals surface area contributed by atoms with E-state index >= 15 is 0 Å². The van der Waals surface area contributed by atoms with E-state index in [2.05, 4.69) is 71.2 Å². The molecule has 0 radical (unpaired) electrons. The van der Waals surface area contributed by atoms with Crippen LogP contribution in [0.4, 0.5) is 5.82 Å². The van der Waals surface area contributed by atoms with Gasteiger partial charge in [-0.25, -0.2) is 4.98 Å². The number of carbonyl (C=O) groups excluding carboxylic acids is 1. The lowest BCUT2D eigenvalue weighted by Crippen LogP contribution is -2.42. The number of aryl methyl sites for hydroxylation is 2. The van der Waals surface area contributed by atoms with E-state index in [0.29, 0.717) is 18.2 Å². The highest BCUT2D eigenvalue weighted by molar-refractivity contribution is 5.99. The third kappa shape index (κ3) is 6.97. The van der Waals surface area contributed by atoms with Crippen molar-refractivity contribution in [2.45, 2.75) is 64.6 Å². The highest BCUT2D eigenvalue weighted by atomic mass is 16.5. The van der Waals surface area contributed by atoms with Crippen LogP contribution in [0.1, 0.15) is 59.2 Å². The molecule has 2 aromatic carbocycles. The highest BCUT2D eigenvalue weighted by Gasteiger charge is 2.30. The largest absolute Gasteiger partial charge is 0.493 e. The Morgan fingerprint density at radius 1 is 1.05 bits per heavy atom. The molecule has 1 amide bonds. The number of carbonyl (C=O) groups is 1. The summed E-state index contributed by atoms with van der Waals surface area (Å²) in [6.07, 6.45) is 7.19. The molecule has 2 heterocycles. The molecule has 7 nitrogen and oxygen atoms in total. The Labute approximate surface area is 231 Å². The van der Waals surface area contributed by atoms with Gasteiger partial charge in [-0.05, 0) is 92.6 Å². The van der Waals surface area contributed by atoms with E-state index in [1.54, 1.807) is 6.20 Å². The van der Waals surface area contributed by atoms with E-state index in [4.69, 9.17) is 10.5 Å². The van der Waals surface area contributed by atoms with E-state index in [0.717, 1.165) is 55.8 Å². The average Bonchev–Trinajstić information content (AvgIpc) is 3.40. The van der Waals surface area contributed by atoms with Gasteiger partial charge in [0.25, 0.3) is 5.91 Å². The molecular weight excluding hydrogens is 486 g/mol. The third-order valence-electron chi connectivity index (χ3n) is 8.23. The highest BCUT2D eigenvalue weighted by Crippen LogP contribution is 2.29. The van der Waals surface area contributed by atoms with Gasteiger partial charge in [0.1, 0.15) is 11.6 Å². The summed E-state index contributed by atoms with van der Waals surface area (Å²) in [4.78, 5) is 17.7. The van der Waals surface area contributed by atoms with E-state index in [9.17, 15) is 4.79 Å². The predicted octanol–water partition coefficient (Wildman–Crippen LogP) is 4.77. The Morgan fingerprint density at radius 2 is 1.95 bits per heavy atom. The lowest BCUT2D eigenvalue weighted by molar-refractivity contribution is 0.0919. The van der Waals surface area contributed by atoms with Crippen LogP contribution in [0.15, 0.2) is 54.7 Å². The maximum Gasteiger partial charge on any atom is 0.255 e. The van der Waals surface area contributed by atoms with Crippen LogP contribution in [0.5, 0.6) is 5.75 Å². The number of ether oxygens (including phenoxy) is 1. The Hall–Kier alpha value is -3.42. The second-order valence-corrected chi connectivity index (χ2v) is 11.1. The SMILES string of the molecule is Cc1ccc(OC[C@H]2CCC[C@@H]2NC(=O)c2cc(-c3cccc(CN[C@H]4CCCNC4)c3)cnc2N)cc1C. The second-order valence-electron chi connectivity index (χ2n) is 11.1. The molecule has 1 saturated carbocycles. The van der Waals surface area contributed by atoms with Gasteiger partial charge in [0.15, 0.2) is 0 Å². The summed E-state index contributed by atoms with van der Waals surface area (Å²) in [6.45, 7) is 7.70. The van der Waals surface area contributed by atoms with E-state index in [-0.39, 0.29) is 23.7 Å². The molecule has 3 atom stereocenters. The number of nitrogens with one attached hydrogen (secondary N) is 3. The Balaban J connectivity index is 1.22. The van der Waals surface area contributed by atoms with Gasteiger partial charge in [0, 0.05) is 42.9 Å². The molecule has 7 heteroatoms. The monoisotopic (exact) mass is 527 g/mol. The lowest BCUT2D eigenvalue weighted by atomic mass is 10.0. The van der Waals surface area contributed by atoms with Crippen LogP contribution in [0.25, 0.3) is 11.1 Å². The summed E-state index contributed by atoms with van der Waals surface area (Å²) in [6, 6.07) is 17.0. The van der Waals surface area contributed by atoms with Gasteiger partial charge in [0.05, 0.1) is 12.2 Å². The molecule has 206 valence electrons.